The summed E-state index contributed by atoms with van der Waals surface area (Å²) in [6.45, 7) is 2.73. The topological polar surface area (TPSA) is 25.4 Å². The SMILES string of the molecule is Clc1ccc(CN2CCC3OCC=C32)cn1. The van der Waals surface area contributed by atoms with Crippen LogP contribution in [-0.2, 0) is 11.3 Å². The van der Waals surface area contributed by atoms with Gasteiger partial charge in [0.25, 0.3) is 0 Å². The molecule has 3 heterocycles. The zero-order valence-electron chi connectivity index (χ0n) is 8.90. The Hall–Kier alpha value is -1.06. The first-order chi connectivity index (χ1) is 7.83. The van der Waals surface area contributed by atoms with E-state index in [4.69, 9.17) is 16.3 Å². The second-order valence-corrected chi connectivity index (χ2v) is 4.54. The molecule has 1 atom stereocenters. The summed E-state index contributed by atoms with van der Waals surface area (Å²) >= 11 is 5.76. The third-order valence-electron chi connectivity index (χ3n) is 3.11. The van der Waals surface area contributed by atoms with E-state index >= 15 is 0 Å². The Morgan fingerprint density at radius 2 is 2.44 bits per heavy atom. The lowest BCUT2D eigenvalue weighted by atomic mass is 10.2. The van der Waals surface area contributed by atoms with Crippen LogP contribution in [0.25, 0.3) is 0 Å². The van der Waals surface area contributed by atoms with Crippen LogP contribution in [0.5, 0.6) is 0 Å². The molecule has 0 N–H and O–H groups in total. The summed E-state index contributed by atoms with van der Waals surface area (Å²) in [4.78, 5) is 6.46. The molecule has 2 aliphatic rings. The predicted molar refractivity (Wildman–Crippen MR) is 62.1 cm³/mol. The molecular formula is C12H13ClN2O. The van der Waals surface area contributed by atoms with Gasteiger partial charge in [-0.2, -0.15) is 0 Å². The molecule has 3 rings (SSSR count). The number of hydrogen-bond acceptors (Lipinski definition) is 3. The highest BCUT2D eigenvalue weighted by Gasteiger charge is 2.31. The minimum Gasteiger partial charge on any atom is -0.368 e. The van der Waals surface area contributed by atoms with Crippen molar-refractivity contribution in [1.29, 1.82) is 0 Å². The van der Waals surface area contributed by atoms with Gasteiger partial charge in [-0.25, -0.2) is 4.98 Å². The van der Waals surface area contributed by atoms with Gasteiger partial charge < -0.3 is 9.64 Å². The normalized spacial score (nSPS) is 23.4. The average molecular weight is 237 g/mol. The van der Waals surface area contributed by atoms with E-state index in [1.165, 1.54) is 11.3 Å². The van der Waals surface area contributed by atoms with Crippen molar-refractivity contribution in [2.24, 2.45) is 0 Å². The van der Waals surface area contributed by atoms with Gasteiger partial charge in [-0.1, -0.05) is 17.7 Å². The Balaban J connectivity index is 1.73. The number of rotatable bonds is 2. The zero-order chi connectivity index (χ0) is 11.0. The molecule has 0 radical (unpaired) electrons. The molecule has 84 valence electrons. The van der Waals surface area contributed by atoms with Gasteiger partial charge in [0.1, 0.15) is 5.15 Å². The van der Waals surface area contributed by atoms with Gasteiger partial charge in [0.2, 0.25) is 0 Å². The Morgan fingerprint density at radius 3 is 3.25 bits per heavy atom. The van der Waals surface area contributed by atoms with E-state index in [1.807, 2.05) is 18.3 Å². The van der Waals surface area contributed by atoms with E-state index in [2.05, 4.69) is 16.0 Å². The molecule has 1 aromatic heterocycles. The van der Waals surface area contributed by atoms with E-state index in [1.54, 1.807) is 0 Å². The highest BCUT2D eigenvalue weighted by Crippen LogP contribution is 2.29. The van der Waals surface area contributed by atoms with Crippen LogP contribution in [0.15, 0.2) is 30.1 Å². The third kappa shape index (κ3) is 1.81. The van der Waals surface area contributed by atoms with Crippen molar-refractivity contribution >= 4 is 11.6 Å². The van der Waals surface area contributed by atoms with E-state index in [9.17, 15) is 0 Å². The molecule has 4 heteroatoms. The van der Waals surface area contributed by atoms with Crippen LogP contribution in [0, 0.1) is 0 Å². The number of ether oxygens (including phenoxy) is 1. The largest absolute Gasteiger partial charge is 0.368 e. The van der Waals surface area contributed by atoms with Crippen molar-refractivity contribution < 1.29 is 4.74 Å². The summed E-state index contributed by atoms with van der Waals surface area (Å²) in [5.74, 6) is 0. The first kappa shape index (κ1) is 10.1. The summed E-state index contributed by atoms with van der Waals surface area (Å²) in [6, 6.07) is 3.86. The van der Waals surface area contributed by atoms with Crippen LogP contribution in [0.3, 0.4) is 0 Å². The fraction of sp³-hybridized carbons (Fsp3) is 0.417. The Labute approximate surface area is 99.7 Å². The monoisotopic (exact) mass is 236 g/mol. The van der Waals surface area contributed by atoms with Crippen LogP contribution in [0.1, 0.15) is 12.0 Å². The van der Waals surface area contributed by atoms with E-state index in [-0.39, 0.29) is 0 Å². The number of hydrogen-bond donors (Lipinski definition) is 0. The molecule has 0 saturated carbocycles. The minimum absolute atomic E-state index is 0.334. The van der Waals surface area contributed by atoms with E-state index < -0.39 is 0 Å². The van der Waals surface area contributed by atoms with E-state index in [0.717, 1.165) is 26.1 Å². The maximum atomic E-state index is 5.76. The van der Waals surface area contributed by atoms with Gasteiger partial charge in [-0.05, 0) is 24.1 Å². The molecule has 0 aliphatic carbocycles. The fourth-order valence-electron chi connectivity index (χ4n) is 2.32. The summed E-state index contributed by atoms with van der Waals surface area (Å²) < 4.78 is 5.59. The van der Waals surface area contributed by atoms with Crippen LogP contribution in [0.2, 0.25) is 5.15 Å². The molecule has 16 heavy (non-hydrogen) atoms. The number of likely N-dealkylation sites (tertiary alicyclic amines) is 1. The highest BCUT2D eigenvalue weighted by molar-refractivity contribution is 6.29. The third-order valence-corrected chi connectivity index (χ3v) is 3.33. The first-order valence-electron chi connectivity index (χ1n) is 5.50. The maximum absolute atomic E-state index is 5.76. The lowest BCUT2D eigenvalue weighted by Crippen LogP contribution is -2.18. The van der Waals surface area contributed by atoms with Gasteiger partial charge in [-0.3, -0.25) is 0 Å². The van der Waals surface area contributed by atoms with E-state index in [0.29, 0.717) is 11.3 Å². The molecule has 1 unspecified atom stereocenters. The van der Waals surface area contributed by atoms with Gasteiger partial charge in [0.15, 0.2) is 0 Å². The first-order valence-corrected chi connectivity index (χ1v) is 5.88. The summed E-state index contributed by atoms with van der Waals surface area (Å²) in [6.07, 6.45) is 5.46. The maximum Gasteiger partial charge on any atom is 0.129 e. The van der Waals surface area contributed by atoms with Gasteiger partial charge in [0, 0.05) is 25.0 Å². The number of aromatic nitrogens is 1. The summed E-state index contributed by atoms with van der Waals surface area (Å²) in [5, 5.41) is 0.548. The molecular weight excluding hydrogens is 224 g/mol. The molecule has 1 aromatic rings. The van der Waals surface area contributed by atoms with Crippen molar-refractivity contribution in [2.75, 3.05) is 13.2 Å². The van der Waals surface area contributed by atoms with Crippen molar-refractivity contribution in [3.63, 3.8) is 0 Å². The van der Waals surface area contributed by atoms with Gasteiger partial charge in [0.05, 0.1) is 12.7 Å². The Kier molecular flexibility index (Phi) is 2.58. The summed E-state index contributed by atoms with van der Waals surface area (Å²) in [7, 11) is 0. The lowest BCUT2D eigenvalue weighted by molar-refractivity contribution is 0.125. The van der Waals surface area contributed by atoms with Crippen LogP contribution in [-0.4, -0.2) is 29.1 Å². The molecule has 0 spiro atoms. The van der Waals surface area contributed by atoms with Crippen LogP contribution < -0.4 is 0 Å². The second kappa shape index (κ2) is 4.07. The molecule has 1 fully saturated rings. The number of pyridine rings is 1. The molecule has 2 aliphatic heterocycles. The van der Waals surface area contributed by atoms with Gasteiger partial charge >= 0.3 is 0 Å². The fourth-order valence-corrected chi connectivity index (χ4v) is 2.44. The van der Waals surface area contributed by atoms with Crippen LogP contribution >= 0.6 is 11.6 Å². The van der Waals surface area contributed by atoms with Crippen LogP contribution in [0.4, 0.5) is 0 Å². The smallest absolute Gasteiger partial charge is 0.129 e. The Bertz CT molecular complexity index is 416. The highest BCUT2D eigenvalue weighted by atomic mass is 35.5. The van der Waals surface area contributed by atoms with Crippen molar-refractivity contribution in [3.8, 4) is 0 Å². The van der Waals surface area contributed by atoms with Gasteiger partial charge in [-0.15, -0.1) is 0 Å². The number of nitrogens with zero attached hydrogens (tertiary/aromatic N) is 2. The molecule has 3 nitrogen and oxygen atoms in total. The van der Waals surface area contributed by atoms with Crippen molar-refractivity contribution in [3.05, 3.63) is 40.8 Å². The minimum atomic E-state index is 0.334. The zero-order valence-corrected chi connectivity index (χ0v) is 9.65. The average Bonchev–Trinajstić information content (AvgIpc) is 2.86. The molecule has 1 saturated heterocycles. The standard InChI is InChI=1S/C12H13ClN2O/c13-12-2-1-9(7-14-12)8-15-5-3-11-10(15)4-6-16-11/h1-2,4,7,11H,3,5-6,8H2. The molecule has 0 amide bonds. The second-order valence-electron chi connectivity index (χ2n) is 4.15. The number of halogens is 1. The molecule has 0 aromatic carbocycles. The summed E-state index contributed by atoms with van der Waals surface area (Å²) in [5.41, 5.74) is 2.54. The predicted octanol–water partition coefficient (Wildman–Crippen LogP) is 2.22. The molecule has 0 bridgehead atoms. The Morgan fingerprint density at radius 1 is 1.50 bits per heavy atom. The van der Waals surface area contributed by atoms with Crippen molar-refractivity contribution in [1.82, 2.24) is 9.88 Å². The quantitative estimate of drug-likeness (QED) is 0.737. The lowest BCUT2D eigenvalue weighted by Gasteiger charge is -2.19. The number of fused-ring (bicyclic) bond motifs is 1. The van der Waals surface area contributed by atoms with Crippen molar-refractivity contribution in [2.45, 2.75) is 19.1 Å².